The first kappa shape index (κ1) is 12.3. The third-order valence-electron chi connectivity index (χ3n) is 2.20. The van der Waals surface area contributed by atoms with Gasteiger partial charge in [-0.2, -0.15) is 5.06 Å². The van der Waals surface area contributed by atoms with Crippen molar-refractivity contribution in [1.29, 1.82) is 0 Å². The van der Waals surface area contributed by atoms with Gasteiger partial charge in [-0.1, -0.05) is 0 Å². The Bertz CT molecular complexity index is 219. The lowest BCUT2D eigenvalue weighted by molar-refractivity contribution is -0.100. The zero-order chi connectivity index (χ0) is 11.5. The maximum absolute atomic E-state index is 11.4. The number of carbonyl (C=O) groups is 1. The summed E-state index contributed by atoms with van der Waals surface area (Å²) >= 11 is 0. The summed E-state index contributed by atoms with van der Waals surface area (Å²) in [6.07, 6.45) is 0.314. The molecule has 1 heterocycles. The average molecular weight is 216 g/mol. The van der Waals surface area contributed by atoms with Gasteiger partial charge in [-0.25, -0.2) is 4.79 Å². The van der Waals surface area contributed by atoms with E-state index in [-0.39, 0.29) is 0 Å². The molecule has 1 aliphatic rings. The molecule has 1 fully saturated rings. The number of rotatable bonds is 2. The first-order valence-electron chi connectivity index (χ1n) is 5.28. The normalized spacial score (nSPS) is 21.5. The van der Waals surface area contributed by atoms with Crippen molar-refractivity contribution in [1.82, 2.24) is 10.4 Å². The van der Waals surface area contributed by atoms with Crippen LogP contribution < -0.4 is 5.32 Å². The van der Waals surface area contributed by atoms with E-state index < -0.39 is 11.7 Å². The zero-order valence-corrected chi connectivity index (χ0v) is 9.62. The van der Waals surface area contributed by atoms with Gasteiger partial charge in [0.2, 0.25) is 0 Å². The summed E-state index contributed by atoms with van der Waals surface area (Å²) in [5, 5.41) is 13.3. The van der Waals surface area contributed by atoms with E-state index in [2.05, 4.69) is 5.32 Å². The molecule has 5 nitrogen and oxygen atoms in total. The Kier molecular flexibility index (Phi) is 3.93. The minimum absolute atomic E-state index is 0.322. The van der Waals surface area contributed by atoms with E-state index in [0.717, 1.165) is 19.5 Å². The molecular formula is C10H20N2O3. The number of amides is 1. The number of hydrogen-bond donors (Lipinski definition) is 2. The van der Waals surface area contributed by atoms with Crippen molar-refractivity contribution >= 4 is 6.09 Å². The molecule has 0 aromatic carbocycles. The summed E-state index contributed by atoms with van der Waals surface area (Å²) in [5.41, 5.74) is -0.564. The number of nitrogens with one attached hydrogen (secondary N) is 1. The molecule has 1 atom stereocenters. The van der Waals surface area contributed by atoms with Crippen LogP contribution in [0.4, 0.5) is 4.79 Å². The molecular weight excluding hydrogens is 196 g/mol. The van der Waals surface area contributed by atoms with Gasteiger partial charge in [-0.15, -0.1) is 0 Å². The van der Waals surface area contributed by atoms with Crippen LogP contribution in [0.15, 0.2) is 0 Å². The first-order chi connectivity index (χ1) is 6.88. The maximum Gasteiger partial charge on any atom is 0.434 e. The van der Waals surface area contributed by atoms with E-state index in [1.54, 1.807) is 20.8 Å². The molecule has 1 aliphatic heterocycles. The smallest absolute Gasteiger partial charge is 0.434 e. The summed E-state index contributed by atoms with van der Waals surface area (Å²) in [6, 6.07) is 0. The minimum Gasteiger partial charge on any atom is -0.442 e. The monoisotopic (exact) mass is 216 g/mol. The number of ether oxygens (including phenoxy) is 1. The van der Waals surface area contributed by atoms with E-state index in [9.17, 15) is 10.0 Å². The molecule has 1 amide bonds. The Morgan fingerprint density at radius 2 is 2.27 bits per heavy atom. The van der Waals surface area contributed by atoms with Crippen molar-refractivity contribution in [3.63, 3.8) is 0 Å². The molecule has 0 saturated carbocycles. The lowest BCUT2D eigenvalue weighted by Crippen LogP contribution is -2.37. The topological polar surface area (TPSA) is 61.8 Å². The molecule has 1 rings (SSSR count). The van der Waals surface area contributed by atoms with Crippen molar-refractivity contribution < 1.29 is 14.7 Å². The lowest BCUT2D eigenvalue weighted by atomic mass is 10.1. The highest BCUT2D eigenvalue weighted by atomic mass is 16.6. The first-order valence-corrected chi connectivity index (χ1v) is 5.28. The number of nitrogens with zero attached hydrogens (tertiary/aromatic N) is 1. The van der Waals surface area contributed by atoms with Crippen LogP contribution in [0, 0.1) is 5.92 Å². The second kappa shape index (κ2) is 4.81. The van der Waals surface area contributed by atoms with Crippen LogP contribution in [0.3, 0.4) is 0 Å². The van der Waals surface area contributed by atoms with Gasteiger partial charge in [0.05, 0.1) is 6.54 Å². The SMILES string of the molecule is CC(C)(C)OC(=O)N(O)CC1CCNC1. The van der Waals surface area contributed by atoms with Crippen molar-refractivity contribution in [2.24, 2.45) is 5.92 Å². The van der Waals surface area contributed by atoms with E-state index in [1.807, 2.05) is 0 Å². The highest BCUT2D eigenvalue weighted by Gasteiger charge is 2.24. The van der Waals surface area contributed by atoms with Gasteiger partial charge in [0.25, 0.3) is 0 Å². The van der Waals surface area contributed by atoms with Crippen LogP contribution in [0.1, 0.15) is 27.2 Å². The summed E-state index contributed by atoms with van der Waals surface area (Å²) in [7, 11) is 0. The Balaban J connectivity index is 2.32. The van der Waals surface area contributed by atoms with Crippen LogP contribution >= 0.6 is 0 Å². The second-order valence-electron chi connectivity index (χ2n) is 4.92. The van der Waals surface area contributed by atoms with E-state index >= 15 is 0 Å². The zero-order valence-electron chi connectivity index (χ0n) is 9.62. The van der Waals surface area contributed by atoms with E-state index in [4.69, 9.17) is 4.74 Å². The van der Waals surface area contributed by atoms with Crippen molar-refractivity contribution in [3.05, 3.63) is 0 Å². The fraction of sp³-hybridized carbons (Fsp3) is 0.900. The summed E-state index contributed by atoms with van der Waals surface area (Å²) in [5.74, 6) is 0.322. The molecule has 2 N–H and O–H groups in total. The fourth-order valence-corrected chi connectivity index (χ4v) is 1.50. The van der Waals surface area contributed by atoms with Crippen molar-refractivity contribution in [2.75, 3.05) is 19.6 Å². The van der Waals surface area contributed by atoms with E-state index in [0.29, 0.717) is 17.5 Å². The number of hydroxylamine groups is 2. The highest BCUT2D eigenvalue weighted by Crippen LogP contribution is 2.12. The summed E-state index contributed by atoms with van der Waals surface area (Å²) in [6.45, 7) is 7.45. The highest BCUT2D eigenvalue weighted by molar-refractivity contribution is 5.66. The van der Waals surface area contributed by atoms with Crippen LogP contribution in [0.2, 0.25) is 0 Å². The standard InChI is InChI=1S/C10H20N2O3/c1-10(2,3)15-9(13)12(14)7-8-4-5-11-6-8/h8,11,14H,4-7H2,1-3H3. The molecule has 5 heteroatoms. The predicted molar refractivity (Wildman–Crippen MR) is 55.7 cm³/mol. The van der Waals surface area contributed by atoms with Gasteiger partial charge in [-0.3, -0.25) is 5.21 Å². The van der Waals surface area contributed by atoms with Crippen LogP contribution in [0.5, 0.6) is 0 Å². The molecule has 0 aliphatic carbocycles. The molecule has 0 aromatic heterocycles. The van der Waals surface area contributed by atoms with Crippen LogP contribution in [0.25, 0.3) is 0 Å². The van der Waals surface area contributed by atoms with Gasteiger partial charge in [0, 0.05) is 0 Å². The second-order valence-corrected chi connectivity index (χ2v) is 4.92. The van der Waals surface area contributed by atoms with Crippen LogP contribution in [-0.2, 0) is 4.74 Å². The Morgan fingerprint density at radius 1 is 1.60 bits per heavy atom. The molecule has 1 unspecified atom stereocenters. The summed E-state index contributed by atoms with van der Waals surface area (Å²) in [4.78, 5) is 11.4. The number of hydrogen-bond acceptors (Lipinski definition) is 4. The van der Waals surface area contributed by atoms with Crippen LogP contribution in [-0.4, -0.2) is 41.6 Å². The Morgan fingerprint density at radius 3 is 2.73 bits per heavy atom. The van der Waals surface area contributed by atoms with Gasteiger partial charge in [0.15, 0.2) is 0 Å². The molecule has 1 saturated heterocycles. The lowest BCUT2D eigenvalue weighted by Gasteiger charge is -2.24. The molecule has 0 radical (unpaired) electrons. The molecule has 15 heavy (non-hydrogen) atoms. The average Bonchev–Trinajstić information content (AvgIpc) is 2.53. The van der Waals surface area contributed by atoms with Crippen molar-refractivity contribution in [3.8, 4) is 0 Å². The van der Waals surface area contributed by atoms with Gasteiger partial charge >= 0.3 is 6.09 Å². The third-order valence-corrected chi connectivity index (χ3v) is 2.20. The quantitative estimate of drug-likeness (QED) is 0.538. The maximum atomic E-state index is 11.4. The third kappa shape index (κ3) is 4.48. The molecule has 0 spiro atoms. The van der Waals surface area contributed by atoms with Crippen molar-refractivity contribution in [2.45, 2.75) is 32.8 Å². The van der Waals surface area contributed by atoms with E-state index in [1.165, 1.54) is 0 Å². The van der Waals surface area contributed by atoms with Gasteiger partial charge in [0.1, 0.15) is 5.60 Å². The molecule has 88 valence electrons. The largest absolute Gasteiger partial charge is 0.442 e. The molecule has 0 bridgehead atoms. The minimum atomic E-state index is -0.672. The van der Waals surface area contributed by atoms with Gasteiger partial charge < -0.3 is 10.1 Å². The number of carbonyl (C=O) groups excluding carboxylic acids is 1. The molecule has 0 aromatic rings. The Labute approximate surface area is 90.4 Å². The fourth-order valence-electron chi connectivity index (χ4n) is 1.50. The summed E-state index contributed by atoms with van der Waals surface area (Å²) < 4.78 is 5.03. The van der Waals surface area contributed by atoms with Gasteiger partial charge in [-0.05, 0) is 46.2 Å². The predicted octanol–water partition coefficient (Wildman–Crippen LogP) is 1.22. The Hall–Kier alpha value is -0.810.